The minimum atomic E-state index is -0.200. The molecule has 0 spiro atoms. The summed E-state index contributed by atoms with van der Waals surface area (Å²) in [6, 6.07) is 7.07. The van der Waals surface area contributed by atoms with Crippen LogP contribution in [-0.4, -0.2) is 20.8 Å². The zero-order valence-corrected chi connectivity index (χ0v) is 12.4. The molecule has 0 saturated carbocycles. The maximum Gasteiger partial charge on any atom is 0.248 e. The quantitative estimate of drug-likeness (QED) is 0.846. The third-order valence-corrected chi connectivity index (χ3v) is 3.37. The Balaban J connectivity index is 2.05. The van der Waals surface area contributed by atoms with Gasteiger partial charge in [0, 0.05) is 30.1 Å². The lowest BCUT2D eigenvalue weighted by molar-refractivity contribution is -0.111. The molecule has 0 aliphatic heterocycles. The summed E-state index contributed by atoms with van der Waals surface area (Å²) >= 11 is 0. The summed E-state index contributed by atoms with van der Waals surface area (Å²) in [6.45, 7) is 3.87. The van der Waals surface area contributed by atoms with Gasteiger partial charge in [-0.2, -0.15) is 5.10 Å². The van der Waals surface area contributed by atoms with Crippen molar-refractivity contribution in [2.75, 3.05) is 5.32 Å². The molecule has 0 saturated heterocycles. The van der Waals surface area contributed by atoms with Gasteiger partial charge in [-0.15, -0.1) is 0 Å². The Kier molecular flexibility index (Phi) is 4.55. The number of aliphatic hydroxyl groups excluding tert-OH is 1. The monoisotopic (exact) mass is 285 g/mol. The Labute approximate surface area is 123 Å². The summed E-state index contributed by atoms with van der Waals surface area (Å²) in [6.07, 6.45) is 3.27. The van der Waals surface area contributed by atoms with E-state index < -0.39 is 0 Å². The van der Waals surface area contributed by atoms with Gasteiger partial charge in [0.05, 0.1) is 12.3 Å². The van der Waals surface area contributed by atoms with E-state index in [0.29, 0.717) is 5.69 Å². The molecule has 0 fully saturated rings. The number of carbonyl (C=O) groups is 1. The van der Waals surface area contributed by atoms with E-state index in [1.165, 1.54) is 6.08 Å². The van der Waals surface area contributed by atoms with Crippen LogP contribution < -0.4 is 5.32 Å². The number of hydrogen-bond donors (Lipinski definition) is 2. The number of aryl methyl sites for hydroxylation is 2. The first kappa shape index (κ1) is 15.0. The molecule has 21 heavy (non-hydrogen) atoms. The Hall–Kier alpha value is -2.40. The first-order chi connectivity index (χ1) is 10.0. The third kappa shape index (κ3) is 3.58. The van der Waals surface area contributed by atoms with Crippen molar-refractivity contribution in [3.05, 3.63) is 52.9 Å². The normalized spacial score (nSPS) is 11.0. The van der Waals surface area contributed by atoms with Gasteiger partial charge in [-0.1, -0.05) is 12.1 Å². The zero-order valence-electron chi connectivity index (χ0n) is 12.4. The van der Waals surface area contributed by atoms with Crippen molar-refractivity contribution in [3.63, 3.8) is 0 Å². The minimum Gasteiger partial charge on any atom is -0.392 e. The molecule has 1 aromatic carbocycles. The summed E-state index contributed by atoms with van der Waals surface area (Å²) in [7, 11) is 1.88. The van der Waals surface area contributed by atoms with Gasteiger partial charge in [0.2, 0.25) is 5.91 Å². The predicted molar refractivity (Wildman–Crippen MR) is 82.7 cm³/mol. The molecule has 110 valence electrons. The Morgan fingerprint density at radius 2 is 2.00 bits per heavy atom. The number of hydrogen-bond acceptors (Lipinski definition) is 3. The van der Waals surface area contributed by atoms with Gasteiger partial charge >= 0.3 is 0 Å². The minimum absolute atomic E-state index is 0.00626. The first-order valence-corrected chi connectivity index (χ1v) is 6.70. The fourth-order valence-electron chi connectivity index (χ4n) is 2.07. The molecule has 0 aliphatic carbocycles. The maximum absolute atomic E-state index is 11.9. The van der Waals surface area contributed by atoms with E-state index in [-0.39, 0.29) is 12.5 Å². The van der Waals surface area contributed by atoms with Crippen LogP contribution in [0.4, 0.5) is 5.69 Å². The lowest BCUT2D eigenvalue weighted by Gasteiger charge is -2.03. The van der Waals surface area contributed by atoms with Gasteiger partial charge in [0.1, 0.15) is 0 Å². The third-order valence-electron chi connectivity index (χ3n) is 3.37. The molecule has 1 heterocycles. The maximum atomic E-state index is 11.9. The van der Waals surface area contributed by atoms with Gasteiger partial charge in [0.15, 0.2) is 0 Å². The Morgan fingerprint density at radius 1 is 1.33 bits per heavy atom. The number of amides is 1. The SMILES string of the molecule is Cc1nn(C)c(C)c1C=CC(=O)Nc1ccc(CO)cc1. The van der Waals surface area contributed by atoms with Crippen LogP contribution in [0.2, 0.25) is 0 Å². The van der Waals surface area contributed by atoms with E-state index >= 15 is 0 Å². The van der Waals surface area contributed by atoms with Crippen molar-refractivity contribution >= 4 is 17.7 Å². The molecule has 2 rings (SSSR count). The van der Waals surface area contributed by atoms with E-state index in [0.717, 1.165) is 22.5 Å². The molecule has 0 bridgehead atoms. The number of aromatic nitrogens is 2. The Bertz CT molecular complexity index is 670. The van der Waals surface area contributed by atoms with Gasteiger partial charge in [-0.25, -0.2) is 0 Å². The topological polar surface area (TPSA) is 67.2 Å². The number of aliphatic hydroxyl groups is 1. The van der Waals surface area contributed by atoms with Crippen LogP contribution in [-0.2, 0) is 18.4 Å². The van der Waals surface area contributed by atoms with Crippen LogP contribution in [0.1, 0.15) is 22.5 Å². The van der Waals surface area contributed by atoms with E-state index in [4.69, 9.17) is 5.11 Å². The average Bonchev–Trinajstić information content (AvgIpc) is 2.71. The second-order valence-corrected chi connectivity index (χ2v) is 4.89. The lowest BCUT2D eigenvalue weighted by atomic mass is 10.2. The second-order valence-electron chi connectivity index (χ2n) is 4.89. The highest BCUT2D eigenvalue weighted by molar-refractivity contribution is 6.02. The Morgan fingerprint density at radius 3 is 2.52 bits per heavy atom. The molecule has 1 aromatic heterocycles. The van der Waals surface area contributed by atoms with Crippen LogP contribution in [0.3, 0.4) is 0 Å². The van der Waals surface area contributed by atoms with Crippen LogP contribution in [0.5, 0.6) is 0 Å². The van der Waals surface area contributed by atoms with Crippen molar-refractivity contribution in [3.8, 4) is 0 Å². The van der Waals surface area contributed by atoms with Gasteiger partial charge in [0.25, 0.3) is 0 Å². The highest BCUT2D eigenvalue weighted by atomic mass is 16.3. The summed E-state index contributed by atoms with van der Waals surface area (Å²) in [4.78, 5) is 11.9. The molecule has 0 atom stereocenters. The number of benzene rings is 1. The number of rotatable bonds is 4. The van der Waals surface area contributed by atoms with Crippen molar-refractivity contribution in [1.82, 2.24) is 9.78 Å². The van der Waals surface area contributed by atoms with E-state index in [9.17, 15) is 4.79 Å². The first-order valence-electron chi connectivity index (χ1n) is 6.70. The van der Waals surface area contributed by atoms with Crippen molar-refractivity contribution in [2.24, 2.45) is 7.05 Å². The molecule has 0 unspecified atom stereocenters. The van der Waals surface area contributed by atoms with Crippen LogP contribution in [0.15, 0.2) is 30.3 Å². The van der Waals surface area contributed by atoms with E-state index in [1.807, 2.05) is 20.9 Å². The molecule has 0 radical (unpaired) electrons. The highest BCUT2D eigenvalue weighted by Crippen LogP contribution is 2.14. The van der Waals surface area contributed by atoms with E-state index in [1.54, 1.807) is 35.0 Å². The van der Waals surface area contributed by atoms with Crippen molar-refractivity contribution in [2.45, 2.75) is 20.5 Å². The molecule has 2 N–H and O–H groups in total. The van der Waals surface area contributed by atoms with Gasteiger partial charge in [-0.05, 0) is 37.6 Å². The lowest BCUT2D eigenvalue weighted by Crippen LogP contribution is -2.07. The second kappa shape index (κ2) is 6.37. The number of carbonyl (C=O) groups excluding carboxylic acids is 1. The highest BCUT2D eigenvalue weighted by Gasteiger charge is 2.06. The van der Waals surface area contributed by atoms with Gasteiger partial charge < -0.3 is 10.4 Å². The van der Waals surface area contributed by atoms with Crippen LogP contribution in [0.25, 0.3) is 6.08 Å². The summed E-state index contributed by atoms with van der Waals surface area (Å²) in [5.41, 5.74) is 4.38. The molecule has 1 amide bonds. The zero-order chi connectivity index (χ0) is 15.4. The molecule has 2 aromatic rings. The fourth-order valence-corrected chi connectivity index (χ4v) is 2.07. The summed E-state index contributed by atoms with van der Waals surface area (Å²) in [5, 5.41) is 16.0. The number of anilines is 1. The molecular formula is C16H19N3O2. The van der Waals surface area contributed by atoms with Crippen LogP contribution >= 0.6 is 0 Å². The standard InChI is InChI=1S/C16H19N3O2/c1-11-15(12(2)19(3)18-11)8-9-16(21)17-14-6-4-13(10-20)5-7-14/h4-9,20H,10H2,1-3H3,(H,17,21). The summed E-state index contributed by atoms with van der Waals surface area (Å²) in [5.74, 6) is -0.200. The molecule has 5 heteroatoms. The smallest absolute Gasteiger partial charge is 0.248 e. The van der Waals surface area contributed by atoms with Crippen molar-refractivity contribution < 1.29 is 9.90 Å². The number of nitrogens with one attached hydrogen (secondary N) is 1. The predicted octanol–water partition coefficient (Wildman–Crippen LogP) is 2.18. The molecular weight excluding hydrogens is 266 g/mol. The number of nitrogens with zero attached hydrogens (tertiary/aromatic N) is 2. The fraction of sp³-hybridized carbons (Fsp3) is 0.250. The van der Waals surface area contributed by atoms with E-state index in [2.05, 4.69) is 10.4 Å². The van der Waals surface area contributed by atoms with Crippen LogP contribution in [0, 0.1) is 13.8 Å². The average molecular weight is 285 g/mol. The van der Waals surface area contributed by atoms with Gasteiger partial charge in [-0.3, -0.25) is 9.48 Å². The summed E-state index contributed by atoms with van der Waals surface area (Å²) < 4.78 is 1.79. The molecule has 5 nitrogen and oxygen atoms in total. The van der Waals surface area contributed by atoms with Crippen molar-refractivity contribution in [1.29, 1.82) is 0 Å². The largest absolute Gasteiger partial charge is 0.392 e. The molecule has 0 aliphatic rings.